The van der Waals surface area contributed by atoms with Crippen LogP contribution < -0.4 is 10.6 Å². The van der Waals surface area contributed by atoms with Gasteiger partial charge >= 0.3 is 0 Å². The molecule has 78 valence electrons. The van der Waals surface area contributed by atoms with Crippen LogP contribution in [0.25, 0.3) is 0 Å². The topological polar surface area (TPSA) is 39.8 Å². The number of hydrogen-bond acceptors (Lipinski definition) is 2. The number of aromatic amines is 1. The molecule has 1 fully saturated rings. The lowest BCUT2D eigenvalue weighted by atomic mass is 10.1. The number of aromatic nitrogens is 1. The fraction of sp³-hybridized carbons (Fsp3) is 0.636. The molecule has 2 heterocycles. The fourth-order valence-corrected chi connectivity index (χ4v) is 1.96. The van der Waals surface area contributed by atoms with Crippen LogP contribution >= 0.6 is 0 Å². The van der Waals surface area contributed by atoms with Crippen molar-refractivity contribution in [3.63, 3.8) is 0 Å². The van der Waals surface area contributed by atoms with E-state index in [2.05, 4.69) is 27.9 Å². The summed E-state index contributed by atoms with van der Waals surface area (Å²) in [6, 6.07) is 2.82. The maximum atomic E-state index is 3.58. The third-order valence-electron chi connectivity index (χ3n) is 2.81. The zero-order valence-electron chi connectivity index (χ0n) is 8.55. The van der Waals surface area contributed by atoms with E-state index in [0.29, 0.717) is 6.04 Å². The molecule has 0 spiro atoms. The highest BCUT2D eigenvalue weighted by molar-refractivity contribution is 5.08. The maximum absolute atomic E-state index is 3.58. The molecule has 3 nitrogen and oxygen atoms in total. The third kappa shape index (κ3) is 2.86. The average molecular weight is 193 g/mol. The lowest BCUT2D eigenvalue weighted by molar-refractivity contribution is 0.392. The molecule has 0 aliphatic carbocycles. The minimum absolute atomic E-state index is 0.683. The van der Waals surface area contributed by atoms with E-state index in [1.54, 1.807) is 0 Å². The average Bonchev–Trinajstić information content (AvgIpc) is 2.72. The monoisotopic (exact) mass is 193 g/mol. The normalized spacial score (nSPS) is 22.4. The van der Waals surface area contributed by atoms with E-state index in [0.717, 1.165) is 19.5 Å². The van der Waals surface area contributed by atoms with Crippen LogP contribution in [0.5, 0.6) is 0 Å². The predicted molar refractivity (Wildman–Crippen MR) is 58.4 cm³/mol. The van der Waals surface area contributed by atoms with Crippen LogP contribution in [0.4, 0.5) is 0 Å². The summed E-state index contributed by atoms with van der Waals surface area (Å²) < 4.78 is 0. The summed E-state index contributed by atoms with van der Waals surface area (Å²) in [5.74, 6) is 0. The Hall–Kier alpha value is -0.800. The first-order valence-corrected chi connectivity index (χ1v) is 5.51. The largest absolute Gasteiger partial charge is 0.367 e. The summed E-state index contributed by atoms with van der Waals surface area (Å²) in [6.45, 7) is 3.41. The van der Waals surface area contributed by atoms with Crippen LogP contribution in [0.3, 0.4) is 0 Å². The summed E-state index contributed by atoms with van der Waals surface area (Å²) in [4.78, 5) is 3.08. The molecule has 1 atom stereocenters. The van der Waals surface area contributed by atoms with Crippen LogP contribution in [-0.2, 0) is 6.42 Å². The second-order valence-electron chi connectivity index (χ2n) is 3.97. The van der Waals surface area contributed by atoms with Crippen LogP contribution in [0, 0.1) is 0 Å². The van der Waals surface area contributed by atoms with Gasteiger partial charge in [0.05, 0.1) is 0 Å². The summed E-state index contributed by atoms with van der Waals surface area (Å²) in [6.07, 6.45) is 7.81. The first kappa shape index (κ1) is 9.74. The van der Waals surface area contributed by atoms with Crippen molar-refractivity contribution in [2.24, 2.45) is 0 Å². The standard InChI is InChI=1S/C11H19N3/c1-2-11(9-12-5-1)14-7-4-10-3-6-13-8-10/h3,6,8,11-14H,1-2,4-5,7,9H2. The lowest BCUT2D eigenvalue weighted by Gasteiger charge is -2.23. The molecule has 1 unspecified atom stereocenters. The van der Waals surface area contributed by atoms with Crippen LogP contribution in [0.2, 0.25) is 0 Å². The van der Waals surface area contributed by atoms with E-state index >= 15 is 0 Å². The van der Waals surface area contributed by atoms with E-state index in [1.165, 1.54) is 24.9 Å². The smallest absolute Gasteiger partial charge is 0.0193 e. The molecule has 0 amide bonds. The molecular formula is C11H19N3. The molecule has 1 aromatic heterocycles. The fourth-order valence-electron chi connectivity index (χ4n) is 1.96. The van der Waals surface area contributed by atoms with Gasteiger partial charge in [-0.3, -0.25) is 0 Å². The van der Waals surface area contributed by atoms with Crippen LogP contribution in [-0.4, -0.2) is 30.7 Å². The molecule has 0 aromatic carbocycles. The molecule has 0 bridgehead atoms. The van der Waals surface area contributed by atoms with Gasteiger partial charge in [0.1, 0.15) is 0 Å². The van der Waals surface area contributed by atoms with E-state index < -0.39 is 0 Å². The molecule has 2 rings (SSSR count). The van der Waals surface area contributed by atoms with Gasteiger partial charge in [-0.15, -0.1) is 0 Å². The Morgan fingerprint density at radius 3 is 3.21 bits per heavy atom. The van der Waals surface area contributed by atoms with Crippen molar-refractivity contribution in [3.05, 3.63) is 24.0 Å². The highest BCUT2D eigenvalue weighted by Gasteiger charge is 2.10. The number of rotatable bonds is 4. The van der Waals surface area contributed by atoms with E-state index in [9.17, 15) is 0 Å². The molecule has 14 heavy (non-hydrogen) atoms. The second kappa shape index (κ2) is 5.17. The minimum atomic E-state index is 0.683. The second-order valence-corrected chi connectivity index (χ2v) is 3.97. The van der Waals surface area contributed by atoms with Crippen molar-refractivity contribution in [2.45, 2.75) is 25.3 Å². The molecule has 3 N–H and O–H groups in total. The van der Waals surface area contributed by atoms with E-state index in [-0.39, 0.29) is 0 Å². The lowest BCUT2D eigenvalue weighted by Crippen LogP contribution is -2.43. The van der Waals surface area contributed by atoms with Gasteiger partial charge in [0.15, 0.2) is 0 Å². The van der Waals surface area contributed by atoms with Gasteiger partial charge in [-0.25, -0.2) is 0 Å². The van der Waals surface area contributed by atoms with Crippen molar-refractivity contribution in [1.29, 1.82) is 0 Å². The summed E-state index contributed by atoms with van der Waals surface area (Å²) >= 11 is 0. The van der Waals surface area contributed by atoms with Crippen molar-refractivity contribution in [3.8, 4) is 0 Å². The van der Waals surface area contributed by atoms with Crippen LogP contribution in [0.1, 0.15) is 18.4 Å². The molecule has 1 saturated heterocycles. The quantitative estimate of drug-likeness (QED) is 0.665. The van der Waals surface area contributed by atoms with E-state index in [1.807, 2.05) is 6.20 Å². The van der Waals surface area contributed by atoms with Gasteiger partial charge in [0.2, 0.25) is 0 Å². The number of piperidine rings is 1. The summed E-state index contributed by atoms with van der Waals surface area (Å²) in [7, 11) is 0. The Morgan fingerprint density at radius 1 is 1.50 bits per heavy atom. The predicted octanol–water partition coefficient (Wildman–Crippen LogP) is 0.899. The summed E-state index contributed by atoms with van der Waals surface area (Å²) in [5.41, 5.74) is 1.39. The van der Waals surface area contributed by atoms with Gasteiger partial charge < -0.3 is 15.6 Å². The van der Waals surface area contributed by atoms with Gasteiger partial charge in [0.25, 0.3) is 0 Å². The molecule has 1 aliphatic rings. The number of nitrogens with one attached hydrogen (secondary N) is 3. The maximum Gasteiger partial charge on any atom is 0.0193 e. The summed E-state index contributed by atoms with van der Waals surface area (Å²) in [5, 5.41) is 6.99. The Bertz CT molecular complexity index is 237. The first-order chi connectivity index (χ1) is 6.95. The third-order valence-corrected chi connectivity index (χ3v) is 2.81. The van der Waals surface area contributed by atoms with Gasteiger partial charge in [-0.1, -0.05) is 0 Å². The molecule has 0 radical (unpaired) electrons. The molecule has 1 aromatic rings. The van der Waals surface area contributed by atoms with Crippen molar-refractivity contribution in [1.82, 2.24) is 15.6 Å². The Morgan fingerprint density at radius 2 is 2.50 bits per heavy atom. The zero-order valence-corrected chi connectivity index (χ0v) is 8.55. The highest BCUT2D eigenvalue weighted by atomic mass is 15.0. The first-order valence-electron chi connectivity index (χ1n) is 5.51. The molecule has 0 saturated carbocycles. The van der Waals surface area contributed by atoms with Crippen molar-refractivity contribution in [2.75, 3.05) is 19.6 Å². The van der Waals surface area contributed by atoms with Gasteiger partial charge in [0, 0.05) is 25.0 Å². The van der Waals surface area contributed by atoms with Crippen LogP contribution in [0.15, 0.2) is 18.5 Å². The van der Waals surface area contributed by atoms with Gasteiger partial charge in [-0.2, -0.15) is 0 Å². The minimum Gasteiger partial charge on any atom is -0.367 e. The number of hydrogen-bond donors (Lipinski definition) is 3. The van der Waals surface area contributed by atoms with Gasteiger partial charge in [-0.05, 0) is 44.0 Å². The Labute approximate surface area is 85.3 Å². The Balaban J connectivity index is 1.62. The molecular weight excluding hydrogens is 174 g/mol. The molecule has 1 aliphatic heterocycles. The van der Waals surface area contributed by atoms with E-state index in [4.69, 9.17) is 0 Å². The van der Waals surface area contributed by atoms with Crippen molar-refractivity contribution >= 4 is 0 Å². The van der Waals surface area contributed by atoms with Crippen molar-refractivity contribution < 1.29 is 0 Å². The highest BCUT2D eigenvalue weighted by Crippen LogP contribution is 2.02. The Kier molecular flexibility index (Phi) is 3.60. The zero-order chi connectivity index (χ0) is 9.64. The molecule has 3 heteroatoms. The number of H-pyrrole nitrogens is 1. The SMILES string of the molecule is c1cc(CCNC2CCCNC2)c[nH]1.